The highest BCUT2D eigenvalue weighted by Crippen LogP contribution is 2.54. The fraction of sp³-hybridized carbons (Fsp3) is 0.429. The van der Waals surface area contributed by atoms with E-state index >= 15 is 0 Å². The molecule has 31 heavy (non-hydrogen) atoms. The number of rotatable bonds is 3. The Morgan fingerprint density at radius 2 is 1.87 bits per heavy atom. The van der Waals surface area contributed by atoms with Crippen LogP contribution in [0.15, 0.2) is 30.6 Å². The van der Waals surface area contributed by atoms with Gasteiger partial charge in [0.15, 0.2) is 21.4 Å². The summed E-state index contributed by atoms with van der Waals surface area (Å²) in [6.07, 6.45) is 7.40. The Kier molecular flexibility index (Phi) is 5.28. The second kappa shape index (κ2) is 7.67. The van der Waals surface area contributed by atoms with Gasteiger partial charge in [0.1, 0.15) is 16.9 Å². The minimum absolute atomic E-state index is 0.0600. The number of nitrogens with one attached hydrogen (secondary N) is 1. The summed E-state index contributed by atoms with van der Waals surface area (Å²) >= 11 is 0. The summed E-state index contributed by atoms with van der Waals surface area (Å²) in [7, 11) is -3.73. The number of carbonyl (C=O) groups is 2. The van der Waals surface area contributed by atoms with Crippen molar-refractivity contribution < 1.29 is 22.4 Å². The number of sulfone groups is 1. The fourth-order valence-corrected chi connectivity index (χ4v) is 6.67. The van der Waals surface area contributed by atoms with E-state index in [9.17, 15) is 22.4 Å². The number of Topliss-reactive ketones (excluding diaryl/α,β-unsaturated/α-hetero) is 1. The van der Waals surface area contributed by atoms with Gasteiger partial charge in [-0.25, -0.2) is 27.6 Å². The summed E-state index contributed by atoms with van der Waals surface area (Å²) in [5.74, 6) is -0.766. The first-order chi connectivity index (χ1) is 14.6. The van der Waals surface area contributed by atoms with Crippen LogP contribution >= 0.6 is 0 Å². The van der Waals surface area contributed by atoms with Crippen molar-refractivity contribution in [2.24, 2.45) is 0 Å². The van der Waals surface area contributed by atoms with Gasteiger partial charge in [0, 0.05) is 18.6 Å². The van der Waals surface area contributed by atoms with Crippen molar-refractivity contribution >= 4 is 33.2 Å². The van der Waals surface area contributed by atoms with E-state index in [1.54, 1.807) is 6.07 Å². The number of benzene rings is 1. The highest BCUT2D eigenvalue weighted by molar-refractivity contribution is 7.91. The van der Waals surface area contributed by atoms with Crippen LogP contribution in [0.4, 0.5) is 20.7 Å². The molecule has 1 aromatic heterocycles. The lowest BCUT2D eigenvalue weighted by Crippen LogP contribution is -2.53. The van der Waals surface area contributed by atoms with Crippen molar-refractivity contribution in [2.75, 3.05) is 16.5 Å². The number of urea groups is 1. The lowest BCUT2D eigenvalue weighted by atomic mass is 9.70. The first-order valence-electron chi connectivity index (χ1n) is 10.1. The molecule has 1 fully saturated rings. The van der Waals surface area contributed by atoms with E-state index in [0.29, 0.717) is 18.4 Å². The summed E-state index contributed by atoms with van der Waals surface area (Å²) in [5, 5.41) is 1.40. The zero-order valence-corrected chi connectivity index (χ0v) is 18.1. The number of halogens is 1. The zero-order chi connectivity index (χ0) is 22.4. The summed E-state index contributed by atoms with van der Waals surface area (Å²) < 4.78 is 40.1. The number of hydrogen-bond donors (Lipinski definition) is 1. The second-order valence-corrected chi connectivity index (χ2v) is 10.3. The van der Waals surface area contributed by atoms with Gasteiger partial charge < -0.3 is 0 Å². The third-order valence-corrected chi connectivity index (χ3v) is 7.55. The predicted octanol–water partition coefficient (Wildman–Crippen LogP) is 3.44. The summed E-state index contributed by atoms with van der Waals surface area (Å²) in [6, 6.07) is 3.38. The minimum Gasteiger partial charge on any atom is -0.293 e. The molecule has 1 saturated carbocycles. The third kappa shape index (κ3) is 3.69. The number of aromatic nitrogens is 2. The lowest BCUT2D eigenvalue weighted by molar-refractivity contribution is 0.101. The van der Waals surface area contributed by atoms with Gasteiger partial charge in [-0.05, 0) is 30.5 Å². The zero-order valence-electron chi connectivity index (χ0n) is 17.3. The van der Waals surface area contributed by atoms with Gasteiger partial charge in [-0.1, -0.05) is 25.3 Å². The maximum Gasteiger partial charge on any atom is 0.328 e. The summed E-state index contributed by atoms with van der Waals surface area (Å²) in [4.78, 5) is 33.8. The number of ketones is 1. The first-order valence-corrected chi connectivity index (χ1v) is 12.0. The summed E-state index contributed by atoms with van der Waals surface area (Å²) in [6.45, 7) is 1.35. The van der Waals surface area contributed by atoms with Crippen molar-refractivity contribution in [1.29, 1.82) is 0 Å². The molecule has 0 unspecified atom stereocenters. The molecule has 1 aliphatic carbocycles. The highest BCUT2D eigenvalue weighted by atomic mass is 32.2. The van der Waals surface area contributed by atoms with E-state index in [2.05, 4.69) is 15.3 Å². The molecular formula is C21H23FN4O4S. The third-order valence-electron chi connectivity index (χ3n) is 6.08. The highest BCUT2D eigenvalue weighted by Gasteiger charge is 2.57. The Morgan fingerprint density at radius 1 is 1.16 bits per heavy atom. The van der Waals surface area contributed by atoms with Gasteiger partial charge in [-0.2, -0.15) is 0 Å². The molecule has 8 nitrogen and oxygen atoms in total. The largest absolute Gasteiger partial charge is 0.328 e. The van der Waals surface area contributed by atoms with E-state index in [1.165, 1.54) is 31.5 Å². The monoisotopic (exact) mass is 446 g/mol. The molecule has 1 aliphatic heterocycles. The van der Waals surface area contributed by atoms with Crippen molar-refractivity contribution in [1.82, 2.24) is 9.97 Å². The number of nitrogens with zero attached hydrogens (tertiary/aromatic N) is 3. The van der Waals surface area contributed by atoms with Crippen LogP contribution in [0.1, 0.15) is 55.1 Å². The molecule has 1 aromatic carbocycles. The fourth-order valence-electron chi connectivity index (χ4n) is 4.89. The lowest BCUT2D eigenvalue weighted by Gasteiger charge is -2.40. The van der Waals surface area contributed by atoms with Gasteiger partial charge in [-0.15, -0.1) is 0 Å². The number of anilines is 2. The Morgan fingerprint density at radius 3 is 2.45 bits per heavy atom. The van der Waals surface area contributed by atoms with E-state index in [0.717, 1.165) is 30.4 Å². The summed E-state index contributed by atoms with van der Waals surface area (Å²) in [5.41, 5.74) is 0.290. The first kappa shape index (κ1) is 21.4. The molecule has 2 heterocycles. The molecule has 2 aliphatic rings. The van der Waals surface area contributed by atoms with Gasteiger partial charge in [0.25, 0.3) is 0 Å². The number of fused-ring (bicyclic) bond motifs is 2. The number of carbonyl (C=O) groups excluding carboxylic acids is 2. The normalized spacial score (nSPS) is 19.8. The van der Waals surface area contributed by atoms with Crippen LogP contribution in [0.5, 0.6) is 0 Å². The Labute approximate surface area is 179 Å². The molecule has 2 amide bonds. The van der Waals surface area contributed by atoms with Crippen LogP contribution in [0.25, 0.3) is 0 Å². The quantitative estimate of drug-likeness (QED) is 0.724. The van der Waals surface area contributed by atoms with Crippen LogP contribution in [0, 0.1) is 5.82 Å². The smallest absolute Gasteiger partial charge is 0.293 e. The minimum atomic E-state index is -3.73. The average molecular weight is 447 g/mol. The van der Waals surface area contributed by atoms with E-state index < -0.39 is 32.5 Å². The number of hydrogen-bond acceptors (Lipinski definition) is 6. The molecule has 10 heteroatoms. The van der Waals surface area contributed by atoms with E-state index in [1.807, 2.05) is 0 Å². The molecule has 164 valence electrons. The molecule has 4 rings (SSSR count). The molecule has 0 saturated heterocycles. The van der Waals surface area contributed by atoms with Gasteiger partial charge in [0.2, 0.25) is 0 Å². The van der Waals surface area contributed by atoms with Gasteiger partial charge in [0.05, 0.1) is 18.1 Å². The van der Waals surface area contributed by atoms with Crippen molar-refractivity contribution in [3.8, 4) is 0 Å². The van der Waals surface area contributed by atoms with E-state index in [4.69, 9.17) is 0 Å². The average Bonchev–Trinajstić information content (AvgIpc) is 2.98. The molecule has 1 spiro atoms. The molecule has 2 aromatic rings. The van der Waals surface area contributed by atoms with Crippen molar-refractivity contribution in [3.05, 3.63) is 47.7 Å². The van der Waals surface area contributed by atoms with Crippen LogP contribution in [0.3, 0.4) is 0 Å². The Balaban J connectivity index is 1.78. The molecule has 0 bridgehead atoms. The Hall–Kier alpha value is -2.88. The van der Waals surface area contributed by atoms with Crippen LogP contribution in [-0.2, 0) is 15.3 Å². The van der Waals surface area contributed by atoms with Crippen molar-refractivity contribution in [3.63, 3.8) is 0 Å². The van der Waals surface area contributed by atoms with Gasteiger partial charge in [-0.3, -0.25) is 15.0 Å². The maximum absolute atomic E-state index is 14.2. The molecular weight excluding hydrogens is 423 g/mol. The molecule has 1 atom stereocenters. The van der Waals surface area contributed by atoms with E-state index in [-0.39, 0.29) is 23.0 Å². The Bertz CT molecular complexity index is 1140. The van der Waals surface area contributed by atoms with Gasteiger partial charge >= 0.3 is 6.03 Å². The number of amides is 2. The topological polar surface area (TPSA) is 109 Å². The van der Waals surface area contributed by atoms with Crippen LogP contribution < -0.4 is 10.2 Å². The molecule has 1 N–H and O–H groups in total. The SMILES string of the molecule is CC(=O)c1cnc(NC(=O)N2c3cc(F)ccc3C3(CCCCC3)[C@H]2S(C)(=O)=O)cn1. The van der Waals surface area contributed by atoms with Crippen LogP contribution in [-0.4, -0.2) is 41.8 Å². The predicted molar refractivity (Wildman–Crippen MR) is 113 cm³/mol. The van der Waals surface area contributed by atoms with Crippen molar-refractivity contribution in [2.45, 2.75) is 49.8 Å². The maximum atomic E-state index is 14.2. The van der Waals surface area contributed by atoms with Crippen LogP contribution in [0.2, 0.25) is 0 Å². The molecule has 0 radical (unpaired) electrons. The standard InChI is InChI=1S/C21H23FN4O4S/c1-13(27)16-11-24-18(12-23-16)25-20(28)26-17-10-14(22)6-7-15(17)21(8-4-3-5-9-21)19(26)31(2,29)30/h6-7,10-12,19H,3-5,8-9H2,1-2H3,(H,24,25,28)/t19-/m1/s1. The second-order valence-electron chi connectivity index (χ2n) is 8.20.